The van der Waals surface area contributed by atoms with Gasteiger partial charge in [0.1, 0.15) is 0 Å². The van der Waals surface area contributed by atoms with E-state index in [0.717, 1.165) is 13.0 Å². The summed E-state index contributed by atoms with van der Waals surface area (Å²) in [5.41, 5.74) is -0.405. The second kappa shape index (κ2) is 5.31. The molecule has 1 N–H and O–H groups in total. The van der Waals surface area contributed by atoms with Crippen LogP contribution in [-0.2, 0) is 13.1 Å². The lowest BCUT2D eigenvalue weighted by molar-refractivity contribution is 0.522. The van der Waals surface area contributed by atoms with Crippen molar-refractivity contribution < 1.29 is 0 Å². The zero-order chi connectivity index (χ0) is 12.3. The molecule has 94 valence electrons. The second-order valence-corrected chi connectivity index (χ2v) is 4.46. The minimum atomic E-state index is -0.203. The van der Waals surface area contributed by atoms with Crippen LogP contribution in [0.25, 0.3) is 0 Å². The van der Waals surface area contributed by atoms with Crippen LogP contribution in [-0.4, -0.2) is 21.7 Å². The van der Waals surface area contributed by atoms with Gasteiger partial charge < -0.3 is 9.88 Å². The lowest BCUT2D eigenvalue weighted by Crippen LogP contribution is -2.39. The van der Waals surface area contributed by atoms with Gasteiger partial charge in [0, 0.05) is 31.4 Å². The predicted octanol–water partition coefficient (Wildman–Crippen LogP) is 0.172. The van der Waals surface area contributed by atoms with Crippen molar-refractivity contribution in [3.05, 3.63) is 33.1 Å². The van der Waals surface area contributed by atoms with Crippen LogP contribution >= 0.6 is 0 Å². The van der Waals surface area contributed by atoms with Gasteiger partial charge in [-0.15, -0.1) is 0 Å². The Morgan fingerprint density at radius 3 is 2.82 bits per heavy atom. The summed E-state index contributed by atoms with van der Waals surface area (Å²) in [6, 6.07) is 2.13. The van der Waals surface area contributed by atoms with Crippen molar-refractivity contribution >= 4 is 0 Å². The van der Waals surface area contributed by atoms with Crippen LogP contribution < -0.4 is 16.6 Å². The lowest BCUT2D eigenvalue weighted by atomic mass is 10.4. The number of hydrogen-bond acceptors (Lipinski definition) is 3. The molecule has 0 saturated heterocycles. The van der Waals surface area contributed by atoms with Crippen molar-refractivity contribution in [2.24, 2.45) is 0 Å². The zero-order valence-corrected chi connectivity index (χ0v) is 10.2. The average molecular weight is 237 g/mol. The van der Waals surface area contributed by atoms with Crippen LogP contribution in [0.5, 0.6) is 0 Å². The predicted molar refractivity (Wildman–Crippen MR) is 66.3 cm³/mol. The molecule has 5 nitrogen and oxygen atoms in total. The molecule has 1 aliphatic carbocycles. The first-order valence-corrected chi connectivity index (χ1v) is 6.26. The summed E-state index contributed by atoms with van der Waals surface area (Å²) in [5.74, 6) is 0. The molecule has 1 aromatic rings. The van der Waals surface area contributed by atoms with Gasteiger partial charge in [0.15, 0.2) is 0 Å². The summed E-state index contributed by atoms with van der Waals surface area (Å²) in [6.07, 6.45) is 4.89. The largest absolute Gasteiger partial charge is 0.330 e. The molecule has 1 aliphatic rings. The monoisotopic (exact) mass is 237 g/mol. The van der Waals surface area contributed by atoms with Crippen LogP contribution in [0.4, 0.5) is 0 Å². The first kappa shape index (κ1) is 12.1. The second-order valence-electron chi connectivity index (χ2n) is 4.46. The number of aryl methyl sites for hydroxylation is 1. The molecule has 0 aliphatic heterocycles. The molecule has 0 amide bonds. The van der Waals surface area contributed by atoms with E-state index in [1.807, 2.05) is 6.92 Å². The van der Waals surface area contributed by atoms with E-state index in [1.54, 1.807) is 10.8 Å². The SMILES string of the molecule is CCn1ccc(=O)n(CCCNC2CC2)c1=O. The van der Waals surface area contributed by atoms with Gasteiger partial charge in [-0.25, -0.2) is 4.79 Å². The fourth-order valence-corrected chi connectivity index (χ4v) is 1.83. The van der Waals surface area contributed by atoms with E-state index in [1.165, 1.54) is 23.5 Å². The highest BCUT2D eigenvalue weighted by Gasteiger charge is 2.19. The van der Waals surface area contributed by atoms with Crippen molar-refractivity contribution in [2.75, 3.05) is 6.54 Å². The van der Waals surface area contributed by atoms with Gasteiger partial charge in [-0.1, -0.05) is 0 Å². The molecular weight excluding hydrogens is 218 g/mol. The summed E-state index contributed by atoms with van der Waals surface area (Å²) >= 11 is 0. The van der Waals surface area contributed by atoms with E-state index >= 15 is 0 Å². The Labute approximate surface area is 100 Å². The summed E-state index contributed by atoms with van der Waals surface area (Å²) in [7, 11) is 0. The molecule has 5 heteroatoms. The van der Waals surface area contributed by atoms with Crippen LogP contribution in [0.2, 0.25) is 0 Å². The number of nitrogens with one attached hydrogen (secondary N) is 1. The fraction of sp³-hybridized carbons (Fsp3) is 0.667. The third kappa shape index (κ3) is 3.06. The minimum absolute atomic E-state index is 0.202. The zero-order valence-electron chi connectivity index (χ0n) is 10.2. The summed E-state index contributed by atoms with van der Waals surface area (Å²) in [4.78, 5) is 23.4. The van der Waals surface area contributed by atoms with Gasteiger partial charge in [0.2, 0.25) is 0 Å². The van der Waals surface area contributed by atoms with Crippen LogP contribution in [0, 0.1) is 0 Å². The molecule has 1 heterocycles. The van der Waals surface area contributed by atoms with Gasteiger partial charge in [0.25, 0.3) is 5.56 Å². The molecule has 0 bridgehead atoms. The number of nitrogens with zero attached hydrogens (tertiary/aromatic N) is 2. The smallest absolute Gasteiger partial charge is 0.314 e. The molecule has 0 atom stereocenters. The maximum Gasteiger partial charge on any atom is 0.330 e. The van der Waals surface area contributed by atoms with Gasteiger partial charge in [0.05, 0.1) is 0 Å². The van der Waals surface area contributed by atoms with E-state index in [0.29, 0.717) is 19.1 Å². The van der Waals surface area contributed by atoms with Crippen LogP contribution in [0.3, 0.4) is 0 Å². The van der Waals surface area contributed by atoms with E-state index in [9.17, 15) is 9.59 Å². The Morgan fingerprint density at radius 2 is 2.18 bits per heavy atom. The van der Waals surface area contributed by atoms with Crippen molar-refractivity contribution in [3.8, 4) is 0 Å². The van der Waals surface area contributed by atoms with Crippen molar-refractivity contribution in [2.45, 2.75) is 45.3 Å². The minimum Gasteiger partial charge on any atom is -0.314 e. The van der Waals surface area contributed by atoms with E-state index < -0.39 is 0 Å². The highest BCUT2D eigenvalue weighted by molar-refractivity contribution is 4.86. The van der Waals surface area contributed by atoms with E-state index in [-0.39, 0.29) is 11.2 Å². The van der Waals surface area contributed by atoms with Crippen molar-refractivity contribution in [1.29, 1.82) is 0 Å². The average Bonchev–Trinajstić information content (AvgIpc) is 3.12. The van der Waals surface area contributed by atoms with Crippen LogP contribution in [0.1, 0.15) is 26.2 Å². The molecule has 1 saturated carbocycles. The molecule has 0 radical (unpaired) electrons. The van der Waals surface area contributed by atoms with E-state index in [4.69, 9.17) is 0 Å². The van der Waals surface area contributed by atoms with Gasteiger partial charge in [-0.3, -0.25) is 9.36 Å². The maximum absolute atomic E-state index is 11.9. The molecule has 0 aromatic carbocycles. The first-order valence-electron chi connectivity index (χ1n) is 6.26. The Balaban J connectivity index is 1.98. The first-order chi connectivity index (χ1) is 8.22. The van der Waals surface area contributed by atoms with Crippen molar-refractivity contribution in [3.63, 3.8) is 0 Å². The maximum atomic E-state index is 11.9. The molecule has 2 rings (SSSR count). The molecule has 1 fully saturated rings. The molecule has 1 aromatic heterocycles. The molecular formula is C12H19N3O2. The number of hydrogen-bond donors (Lipinski definition) is 1. The highest BCUT2D eigenvalue weighted by atomic mass is 16.2. The Hall–Kier alpha value is -1.36. The Kier molecular flexibility index (Phi) is 3.78. The van der Waals surface area contributed by atoms with Crippen LogP contribution in [0.15, 0.2) is 21.9 Å². The standard InChI is InChI=1S/C12H19N3O2/c1-2-14-9-6-11(16)15(12(14)17)8-3-7-13-10-4-5-10/h6,9-10,13H,2-5,7-8H2,1H3. The number of aromatic nitrogens is 2. The third-order valence-corrected chi connectivity index (χ3v) is 3.05. The molecule has 0 unspecified atom stereocenters. The Morgan fingerprint density at radius 1 is 1.41 bits per heavy atom. The topological polar surface area (TPSA) is 56.0 Å². The third-order valence-electron chi connectivity index (χ3n) is 3.05. The van der Waals surface area contributed by atoms with Gasteiger partial charge in [-0.05, 0) is 32.7 Å². The highest BCUT2D eigenvalue weighted by Crippen LogP contribution is 2.18. The Bertz CT molecular complexity index is 485. The van der Waals surface area contributed by atoms with Crippen molar-refractivity contribution in [1.82, 2.24) is 14.5 Å². The molecule has 17 heavy (non-hydrogen) atoms. The summed E-state index contributed by atoms with van der Waals surface area (Å²) in [5, 5.41) is 3.37. The van der Waals surface area contributed by atoms with Gasteiger partial charge >= 0.3 is 5.69 Å². The summed E-state index contributed by atoms with van der Waals surface area (Å²) < 4.78 is 2.87. The quantitative estimate of drug-likeness (QED) is 0.718. The normalized spacial score (nSPS) is 15.1. The van der Waals surface area contributed by atoms with E-state index in [2.05, 4.69) is 5.32 Å². The summed E-state index contributed by atoms with van der Waals surface area (Å²) in [6.45, 7) is 3.86. The molecule has 0 spiro atoms. The number of rotatable bonds is 6. The van der Waals surface area contributed by atoms with Gasteiger partial charge in [-0.2, -0.15) is 0 Å². The fourth-order valence-electron chi connectivity index (χ4n) is 1.83. The lowest BCUT2D eigenvalue weighted by Gasteiger charge is -2.08.